The second kappa shape index (κ2) is 8.74. The molecule has 0 spiro atoms. The molecule has 2 heterocycles. The van der Waals surface area contributed by atoms with Crippen molar-refractivity contribution in [2.75, 3.05) is 18.1 Å². The fourth-order valence-electron chi connectivity index (χ4n) is 4.76. The predicted molar refractivity (Wildman–Crippen MR) is 132 cm³/mol. The molecule has 1 aliphatic heterocycles. The molecule has 33 heavy (non-hydrogen) atoms. The van der Waals surface area contributed by atoms with Gasteiger partial charge in [-0.2, -0.15) is 0 Å². The Labute approximate surface area is 194 Å². The summed E-state index contributed by atoms with van der Waals surface area (Å²) in [5.74, 6) is 2.11. The molecule has 4 aromatic rings. The lowest BCUT2D eigenvalue weighted by molar-refractivity contribution is -0.117. The number of hydrogen-bond acceptors (Lipinski definition) is 3. The van der Waals surface area contributed by atoms with Gasteiger partial charge in [-0.15, -0.1) is 0 Å². The number of carbonyl (C=O) groups excluding carboxylic acids is 1. The topological polar surface area (TPSA) is 47.4 Å². The Morgan fingerprint density at radius 3 is 2.42 bits per heavy atom. The van der Waals surface area contributed by atoms with Crippen LogP contribution in [0.4, 0.5) is 5.69 Å². The fraction of sp³-hybridized carbons (Fsp3) is 0.286. The fourth-order valence-corrected chi connectivity index (χ4v) is 4.76. The van der Waals surface area contributed by atoms with Gasteiger partial charge in [0.1, 0.15) is 18.2 Å². The maximum atomic E-state index is 12.9. The van der Waals surface area contributed by atoms with Gasteiger partial charge in [0.25, 0.3) is 0 Å². The Morgan fingerprint density at radius 2 is 1.67 bits per heavy atom. The molecule has 1 aromatic heterocycles. The van der Waals surface area contributed by atoms with Crippen molar-refractivity contribution in [3.05, 3.63) is 89.2 Å². The molecular weight excluding hydrogens is 410 g/mol. The number of ether oxygens (including phenoxy) is 1. The van der Waals surface area contributed by atoms with Crippen LogP contribution in [0.15, 0.2) is 66.7 Å². The third-order valence-corrected chi connectivity index (χ3v) is 6.49. The van der Waals surface area contributed by atoms with E-state index >= 15 is 0 Å². The summed E-state index contributed by atoms with van der Waals surface area (Å²) in [5, 5.41) is 0. The van der Waals surface area contributed by atoms with E-state index in [0.29, 0.717) is 26.1 Å². The van der Waals surface area contributed by atoms with Gasteiger partial charge in [-0.05, 0) is 56.2 Å². The first-order valence-electron chi connectivity index (χ1n) is 11.5. The first kappa shape index (κ1) is 21.3. The average molecular weight is 440 g/mol. The number of imidazole rings is 1. The smallest absolute Gasteiger partial charge is 0.227 e. The molecule has 0 saturated carbocycles. The molecular formula is C28H29N3O2. The van der Waals surface area contributed by atoms with Crippen molar-refractivity contribution >= 4 is 22.6 Å². The summed E-state index contributed by atoms with van der Waals surface area (Å²) in [4.78, 5) is 19.8. The molecule has 0 aliphatic carbocycles. The van der Waals surface area contributed by atoms with Crippen LogP contribution >= 0.6 is 0 Å². The van der Waals surface area contributed by atoms with E-state index in [4.69, 9.17) is 9.72 Å². The van der Waals surface area contributed by atoms with Crippen LogP contribution in [0.5, 0.6) is 5.75 Å². The predicted octanol–water partition coefficient (Wildman–Crippen LogP) is 5.56. The van der Waals surface area contributed by atoms with E-state index in [-0.39, 0.29) is 11.8 Å². The van der Waals surface area contributed by atoms with Gasteiger partial charge in [-0.3, -0.25) is 4.79 Å². The molecule has 3 aromatic carbocycles. The van der Waals surface area contributed by atoms with Crippen molar-refractivity contribution in [1.29, 1.82) is 0 Å². The highest BCUT2D eigenvalue weighted by Crippen LogP contribution is 2.33. The van der Waals surface area contributed by atoms with Crippen LogP contribution in [0.1, 0.15) is 34.9 Å². The number of benzene rings is 3. The number of nitrogens with zero attached hydrogens (tertiary/aromatic N) is 3. The Kier molecular flexibility index (Phi) is 5.63. The number of carbonyl (C=O) groups is 1. The molecule has 0 unspecified atom stereocenters. The largest absolute Gasteiger partial charge is 0.491 e. The maximum Gasteiger partial charge on any atom is 0.227 e. The summed E-state index contributed by atoms with van der Waals surface area (Å²) in [6.45, 7) is 8.07. The first-order valence-corrected chi connectivity index (χ1v) is 11.5. The van der Waals surface area contributed by atoms with Crippen molar-refractivity contribution < 1.29 is 9.53 Å². The Morgan fingerprint density at radius 1 is 0.939 bits per heavy atom. The number of para-hydroxylation sites is 3. The molecule has 1 atom stereocenters. The van der Waals surface area contributed by atoms with Crippen LogP contribution in [0.25, 0.3) is 11.0 Å². The van der Waals surface area contributed by atoms with E-state index in [1.165, 1.54) is 5.56 Å². The van der Waals surface area contributed by atoms with Crippen molar-refractivity contribution in [3.63, 3.8) is 0 Å². The van der Waals surface area contributed by atoms with Gasteiger partial charge in [0.05, 0.1) is 17.6 Å². The Balaban J connectivity index is 1.41. The second-order valence-electron chi connectivity index (χ2n) is 8.92. The van der Waals surface area contributed by atoms with Gasteiger partial charge in [0.2, 0.25) is 5.91 Å². The van der Waals surface area contributed by atoms with E-state index in [0.717, 1.165) is 39.4 Å². The van der Waals surface area contributed by atoms with E-state index in [1.54, 1.807) is 0 Å². The lowest BCUT2D eigenvalue weighted by Gasteiger charge is -2.18. The molecule has 0 bridgehead atoms. The quantitative estimate of drug-likeness (QED) is 0.395. The standard InChI is InChI=1S/C28H29N3O2/c1-19-11-13-23(14-12-19)31-18-22(17-26(31)32)28-29-24-9-4-5-10-25(24)30(28)15-16-33-27-20(2)7-6-8-21(27)3/h4-14,22H,15-18H2,1-3H3/t22-/m1/s1. The monoisotopic (exact) mass is 439 g/mol. The van der Waals surface area contributed by atoms with Crippen molar-refractivity contribution in [1.82, 2.24) is 9.55 Å². The molecule has 1 amide bonds. The van der Waals surface area contributed by atoms with Crippen LogP contribution in [-0.2, 0) is 11.3 Å². The van der Waals surface area contributed by atoms with Crippen LogP contribution in [-0.4, -0.2) is 28.6 Å². The lowest BCUT2D eigenvalue weighted by Crippen LogP contribution is -2.24. The van der Waals surface area contributed by atoms with Gasteiger partial charge in [0, 0.05) is 24.6 Å². The van der Waals surface area contributed by atoms with Crippen molar-refractivity contribution in [3.8, 4) is 5.75 Å². The van der Waals surface area contributed by atoms with E-state index in [2.05, 4.69) is 61.7 Å². The molecule has 1 fully saturated rings. The van der Waals surface area contributed by atoms with Crippen LogP contribution in [0, 0.1) is 20.8 Å². The number of aryl methyl sites for hydroxylation is 3. The molecule has 168 valence electrons. The molecule has 0 radical (unpaired) electrons. The molecule has 0 N–H and O–H groups in total. The zero-order chi connectivity index (χ0) is 22.9. The van der Waals surface area contributed by atoms with E-state index < -0.39 is 0 Å². The first-order chi connectivity index (χ1) is 16.0. The molecule has 1 aliphatic rings. The number of anilines is 1. The number of fused-ring (bicyclic) bond motifs is 1. The van der Waals surface area contributed by atoms with Gasteiger partial charge in [-0.1, -0.05) is 48.0 Å². The van der Waals surface area contributed by atoms with Gasteiger partial charge in [-0.25, -0.2) is 4.98 Å². The van der Waals surface area contributed by atoms with E-state index in [1.807, 2.05) is 35.2 Å². The third kappa shape index (κ3) is 4.11. The Bertz CT molecular complexity index is 1290. The summed E-state index contributed by atoms with van der Waals surface area (Å²) in [6.07, 6.45) is 0.467. The molecule has 5 rings (SSSR count). The van der Waals surface area contributed by atoms with Crippen LogP contribution in [0.2, 0.25) is 0 Å². The Hall–Kier alpha value is -3.60. The lowest BCUT2D eigenvalue weighted by atomic mass is 10.1. The minimum atomic E-state index is 0.0476. The highest BCUT2D eigenvalue weighted by Gasteiger charge is 2.34. The summed E-state index contributed by atoms with van der Waals surface area (Å²) in [7, 11) is 0. The second-order valence-corrected chi connectivity index (χ2v) is 8.92. The molecule has 5 heteroatoms. The zero-order valence-corrected chi connectivity index (χ0v) is 19.4. The summed E-state index contributed by atoms with van der Waals surface area (Å²) in [6, 6.07) is 22.5. The summed E-state index contributed by atoms with van der Waals surface area (Å²) in [5.41, 5.74) is 6.46. The summed E-state index contributed by atoms with van der Waals surface area (Å²) >= 11 is 0. The van der Waals surface area contributed by atoms with Crippen molar-refractivity contribution in [2.45, 2.75) is 39.7 Å². The minimum Gasteiger partial charge on any atom is -0.491 e. The molecule has 1 saturated heterocycles. The maximum absolute atomic E-state index is 12.9. The SMILES string of the molecule is Cc1ccc(N2C[C@H](c3nc4ccccc4n3CCOc3c(C)cccc3C)CC2=O)cc1. The number of aromatic nitrogens is 2. The third-order valence-electron chi connectivity index (χ3n) is 6.49. The average Bonchev–Trinajstić information content (AvgIpc) is 3.37. The summed E-state index contributed by atoms with van der Waals surface area (Å²) < 4.78 is 8.44. The van der Waals surface area contributed by atoms with Gasteiger partial charge in [0.15, 0.2) is 0 Å². The van der Waals surface area contributed by atoms with Gasteiger partial charge < -0.3 is 14.2 Å². The number of rotatable bonds is 6. The minimum absolute atomic E-state index is 0.0476. The van der Waals surface area contributed by atoms with E-state index in [9.17, 15) is 4.79 Å². The highest BCUT2D eigenvalue weighted by atomic mass is 16.5. The number of hydrogen-bond donors (Lipinski definition) is 0. The normalized spacial score (nSPS) is 16.0. The van der Waals surface area contributed by atoms with Crippen molar-refractivity contribution in [2.24, 2.45) is 0 Å². The number of amides is 1. The zero-order valence-electron chi connectivity index (χ0n) is 19.4. The van der Waals surface area contributed by atoms with Crippen LogP contribution < -0.4 is 9.64 Å². The highest BCUT2D eigenvalue weighted by molar-refractivity contribution is 5.96. The van der Waals surface area contributed by atoms with Gasteiger partial charge >= 0.3 is 0 Å². The van der Waals surface area contributed by atoms with Crippen LogP contribution in [0.3, 0.4) is 0 Å². The molecule has 5 nitrogen and oxygen atoms in total.